The van der Waals surface area contributed by atoms with Crippen LogP contribution in [0.1, 0.15) is 17.2 Å². The van der Waals surface area contributed by atoms with Crippen molar-refractivity contribution in [2.45, 2.75) is 10.9 Å². The molecule has 1 N–H and O–H groups in total. The molecular weight excluding hydrogens is 218 g/mol. The van der Waals surface area contributed by atoms with Gasteiger partial charge in [-0.3, -0.25) is 0 Å². The fraction of sp³-hybridized carbons (Fsp3) is 0.0769. The lowest BCUT2D eigenvalue weighted by molar-refractivity contribution is 0.673. The molecule has 1 aliphatic heterocycles. The molecule has 2 aromatic carbocycles. The average Bonchev–Trinajstić information content (AvgIpc) is 2.69. The second-order valence-corrected chi connectivity index (χ2v) is 4.98. The van der Waals surface area contributed by atoms with Crippen molar-refractivity contribution in [3.63, 3.8) is 0 Å². The molecule has 80 valence electrons. The van der Waals surface area contributed by atoms with E-state index in [9.17, 15) is 4.21 Å². The predicted octanol–water partition coefficient (Wildman–Crippen LogP) is 2.40. The van der Waals surface area contributed by atoms with Crippen LogP contribution in [0.3, 0.4) is 0 Å². The standard InChI is InChI=1S/C13H11NOS/c15-16-12-9-5-4-8-11(12)13(14-16)10-6-2-1-3-7-10/h1-9,13-14H/t13-,16?/m1/s1. The summed E-state index contributed by atoms with van der Waals surface area (Å²) in [6, 6.07) is 18.0. The molecule has 2 atom stereocenters. The third kappa shape index (κ3) is 1.49. The van der Waals surface area contributed by atoms with Gasteiger partial charge in [0, 0.05) is 0 Å². The summed E-state index contributed by atoms with van der Waals surface area (Å²) in [5.74, 6) is 0. The van der Waals surface area contributed by atoms with Gasteiger partial charge in [0.25, 0.3) is 0 Å². The highest BCUT2D eigenvalue weighted by Gasteiger charge is 2.28. The van der Waals surface area contributed by atoms with Crippen molar-refractivity contribution in [3.05, 3.63) is 65.7 Å². The Morgan fingerprint density at radius 2 is 1.62 bits per heavy atom. The first kappa shape index (κ1) is 9.75. The Labute approximate surface area is 96.9 Å². The summed E-state index contributed by atoms with van der Waals surface area (Å²) in [6.45, 7) is 0. The molecular formula is C13H11NOS. The van der Waals surface area contributed by atoms with Crippen molar-refractivity contribution in [2.24, 2.45) is 0 Å². The third-order valence-corrected chi connectivity index (χ3v) is 4.01. The van der Waals surface area contributed by atoms with Crippen LogP contribution in [0.2, 0.25) is 0 Å². The molecule has 0 amide bonds. The smallest absolute Gasteiger partial charge is 0.126 e. The predicted molar refractivity (Wildman–Crippen MR) is 64.3 cm³/mol. The Bertz CT molecular complexity index is 539. The van der Waals surface area contributed by atoms with Gasteiger partial charge in [-0.2, -0.15) is 0 Å². The number of hydrogen-bond donors (Lipinski definition) is 1. The van der Waals surface area contributed by atoms with Gasteiger partial charge in [0.15, 0.2) is 0 Å². The Morgan fingerprint density at radius 1 is 0.938 bits per heavy atom. The van der Waals surface area contributed by atoms with E-state index >= 15 is 0 Å². The summed E-state index contributed by atoms with van der Waals surface area (Å²) < 4.78 is 15.0. The summed E-state index contributed by atoms with van der Waals surface area (Å²) in [5.41, 5.74) is 2.27. The van der Waals surface area contributed by atoms with Crippen molar-refractivity contribution < 1.29 is 4.21 Å². The normalized spacial score (nSPS) is 23.0. The molecule has 0 bridgehead atoms. The average molecular weight is 229 g/mol. The van der Waals surface area contributed by atoms with Gasteiger partial charge in [0.05, 0.1) is 10.9 Å². The van der Waals surface area contributed by atoms with Crippen LogP contribution in [0.15, 0.2) is 59.5 Å². The molecule has 0 saturated heterocycles. The van der Waals surface area contributed by atoms with E-state index in [1.54, 1.807) is 0 Å². The maximum absolute atomic E-state index is 11.8. The van der Waals surface area contributed by atoms with E-state index in [1.807, 2.05) is 42.5 Å². The molecule has 0 fully saturated rings. The molecule has 1 aliphatic rings. The minimum absolute atomic E-state index is 0.0539. The number of nitrogens with one attached hydrogen (secondary N) is 1. The first-order valence-corrected chi connectivity index (χ1v) is 6.33. The Balaban J connectivity index is 2.11. The van der Waals surface area contributed by atoms with Crippen LogP contribution in [0.5, 0.6) is 0 Å². The van der Waals surface area contributed by atoms with Gasteiger partial charge in [-0.05, 0) is 17.2 Å². The molecule has 0 radical (unpaired) electrons. The van der Waals surface area contributed by atoms with Gasteiger partial charge >= 0.3 is 0 Å². The van der Waals surface area contributed by atoms with Crippen LogP contribution >= 0.6 is 0 Å². The molecule has 3 rings (SSSR count). The first-order valence-electron chi connectivity index (χ1n) is 5.18. The second kappa shape index (κ2) is 3.85. The minimum Gasteiger partial charge on any atom is -0.237 e. The topological polar surface area (TPSA) is 29.1 Å². The van der Waals surface area contributed by atoms with Gasteiger partial charge in [0.2, 0.25) is 0 Å². The van der Waals surface area contributed by atoms with E-state index < -0.39 is 11.0 Å². The van der Waals surface area contributed by atoms with E-state index in [0.717, 1.165) is 16.0 Å². The lowest BCUT2D eigenvalue weighted by atomic mass is 10.00. The van der Waals surface area contributed by atoms with Crippen molar-refractivity contribution in [2.75, 3.05) is 0 Å². The summed E-state index contributed by atoms with van der Waals surface area (Å²) in [7, 11) is -1.08. The lowest BCUT2D eigenvalue weighted by Gasteiger charge is -2.10. The number of fused-ring (bicyclic) bond motifs is 1. The maximum atomic E-state index is 11.8. The van der Waals surface area contributed by atoms with Crippen molar-refractivity contribution in [3.8, 4) is 0 Å². The molecule has 0 aliphatic carbocycles. The molecule has 2 nitrogen and oxygen atoms in total. The number of benzene rings is 2. The first-order chi connectivity index (χ1) is 7.86. The number of hydrogen-bond acceptors (Lipinski definition) is 1. The van der Waals surface area contributed by atoms with Crippen molar-refractivity contribution >= 4 is 11.0 Å². The molecule has 0 aromatic heterocycles. The van der Waals surface area contributed by atoms with E-state index in [2.05, 4.69) is 16.9 Å². The van der Waals surface area contributed by atoms with Gasteiger partial charge in [-0.25, -0.2) is 8.93 Å². The fourth-order valence-corrected chi connectivity index (χ4v) is 3.22. The van der Waals surface area contributed by atoms with Gasteiger partial charge in [-0.15, -0.1) is 0 Å². The van der Waals surface area contributed by atoms with Crippen molar-refractivity contribution in [1.29, 1.82) is 0 Å². The molecule has 3 heteroatoms. The highest BCUT2D eigenvalue weighted by molar-refractivity contribution is 7.83. The van der Waals surface area contributed by atoms with E-state index in [-0.39, 0.29) is 6.04 Å². The lowest BCUT2D eigenvalue weighted by Crippen LogP contribution is -2.15. The largest absolute Gasteiger partial charge is 0.237 e. The molecule has 0 spiro atoms. The SMILES string of the molecule is O=S1N[C@H](c2ccccc2)c2ccccc21. The maximum Gasteiger partial charge on any atom is 0.126 e. The zero-order valence-electron chi connectivity index (χ0n) is 8.59. The summed E-state index contributed by atoms with van der Waals surface area (Å²) in [4.78, 5) is 0.899. The van der Waals surface area contributed by atoms with Crippen LogP contribution < -0.4 is 4.72 Å². The van der Waals surface area contributed by atoms with Crippen LogP contribution in [-0.4, -0.2) is 4.21 Å². The molecule has 1 unspecified atom stereocenters. The highest BCUT2D eigenvalue weighted by atomic mass is 32.2. The van der Waals surface area contributed by atoms with Gasteiger partial charge < -0.3 is 0 Å². The molecule has 2 aromatic rings. The molecule has 16 heavy (non-hydrogen) atoms. The summed E-state index contributed by atoms with van der Waals surface area (Å²) >= 11 is 0. The van der Waals surface area contributed by atoms with Crippen LogP contribution in [0, 0.1) is 0 Å². The monoisotopic (exact) mass is 229 g/mol. The van der Waals surface area contributed by atoms with Crippen molar-refractivity contribution in [1.82, 2.24) is 4.72 Å². The summed E-state index contributed by atoms with van der Waals surface area (Å²) in [5, 5.41) is 0. The Hall–Kier alpha value is -1.45. The van der Waals surface area contributed by atoms with Gasteiger partial charge in [0.1, 0.15) is 11.0 Å². The van der Waals surface area contributed by atoms with Gasteiger partial charge in [-0.1, -0.05) is 48.5 Å². The Kier molecular flexibility index (Phi) is 2.35. The molecule has 0 saturated carbocycles. The summed E-state index contributed by atoms with van der Waals surface area (Å²) in [6.07, 6.45) is 0. The Morgan fingerprint density at radius 3 is 2.44 bits per heavy atom. The van der Waals surface area contributed by atoms with E-state index in [4.69, 9.17) is 0 Å². The number of rotatable bonds is 1. The quantitative estimate of drug-likeness (QED) is 0.799. The third-order valence-electron chi connectivity index (χ3n) is 2.79. The highest BCUT2D eigenvalue weighted by Crippen LogP contribution is 2.32. The molecule has 1 heterocycles. The van der Waals surface area contributed by atoms with Crippen LogP contribution in [0.4, 0.5) is 0 Å². The zero-order valence-corrected chi connectivity index (χ0v) is 9.41. The second-order valence-electron chi connectivity index (χ2n) is 3.77. The van der Waals surface area contributed by atoms with Crippen LogP contribution in [-0.2, 0) is 11.0 Å². The van der Waals surface area contributed by atoms with E-state index in [1.165, 1.54) is 0 Å². The van der Waals surface area contributed by atoms with Crippen LogP contribution in [0.25, 0.3) is 0 Å². The minimum atomic E-state index is -1.08. The zero-order chi connectivity index (χ0) is 11.0. The van der Waals surface area contributed by atoms with E-state index in [0.29, 0.717) is 0 Å². The fourth-order valence-electron chi connectivity index (χ4n) is 2.01.